The molecule has 1 aromatic heterocycles. The van der Waals surface area contributed by atoms with E-state index in [1.165, 1.54) is 6.07 Å². The number of rotatable bonds is 4. The molecule has 0 saturated heterocycles. The van der Waals surface area contributed by atoms with Gasteiger partial charge in [-0.2, -0.15) is 0 Å². The monoisotopic (exact) mass is 237 g/mol. The molecule has 0 radical (unpaired) electrons. The van der Waals surface area contributed by atoms with Gasteiger partial charge in [0.1, 0.15) is 0 Å². The highest BCUT2D eigenvalue weighted by molar-refractivity contribution is 5.63. The van der Waals surface area contributed by atoms with Gasteiger partial charge in [-0.3, -0.25) is 0 Å². The molecule has 0 amide bonds. The highest BCUT2D eigenvalue weighted by atomic mass is 19.1. The van der Waals surface area contributed by atoms with E-state index in [0.29, 0.717) is 22.9 Å². The molecule has 17 heavy (non-hydrogen) atoms. The van der Waals surface area contributed by atoms with Crippen molar-refractivity contribution in [1.82, 2.24) is 4.98 Å². The minimum absolute atomic E-state index is 0.156. The van der Waals surface area contributed by atoms with Crippen molar-refractivity contribution < 1.29 is 4.39 Å². The maximum Gasteiger partial charge on any atom is 0.166 e. The molecule has 0 bridgehead atoms. The first-order valence-electron chi connectivity index (χ1n) is 5.71. The fraction of sp³-hybridized carbons (Fsp3) is 0.462. The Morgan fingerprint density at radius 1 is 1.47 bits per heavy atom. The summed E-state index contributed by atoms with van der Waals surface area (Å²) in [4.78, 5) is 4.19. The number of aromatic nitrogens is 1. The van der Waals surface area contributed by atoms with Crippen LogP contribution < -0.4 is 11.1 Å². The lowest BCUT2D eigenvalue weighted by Gasteiger charge is -2.19. The van der Waals surface area contributed by atoms with Crippen molar-refractivity contribution in [1.29, 1.82) is 0 Å². The van der Waals surface area contributed by atoms with E-state index in [1.807, 2.05) is 6.92 Å². The lowest BCUT2D eigenvalue weighted by Crippen LogP contribution is -2.23. The molecule has 1 rings (SSSR count). The van der Waals surface area contributed by atoms with Crippen molar-refractivity contribution in [2.24, 2.45) is 11.7 Å². The van der Waals surface area contributed by atoms with E-state index in [1.54, 1.807) is 6.92 Å². The van der Waals surface area contributed by atoms with Crippen LogP contribution in [0.15, 0.2) is 12.6 Å². The number of nitrogens with zero attached hydrogens (tertiary/aromatic N) is 1. The molecular formula is C13H20FN3. The van der Waals surface area contributed by atoms with Gasteiger partial charge in [0, 0.05) is 23.0 Å². The minimum Gasteiger partial charge on any atom is -0.399 e. The summed E-state index contributed by atoms with van der Waals surface area (Å²) in [7, 11) is 0. The van der Waals surface area contributed by atoms with Crippen molar-refractivity contribution in [3.63, 3.8) is 0 Å². The van der Waals surface area contributed by atoms with Gasteiger partial charge in [0.15, 0.2) is 11.6 Å². The van der Waals surface area contributed by atoms with Crippen molar-refractivity contribution >= 4 is 11.5 Å². The predicted octanol–water partition coefficient (Wildman–Crippen LogP) is 2.91. The van der Waals surface area contributed by atoms with E-state index < -0.39 is 5.82 Å². The second-order valence-electron chi connectivity index (χ2n) is 4.65. The summed E-state index contributed by atoms with van der Waals surface area (Å²) in [5.41, 5.74) is 7.13. The summed E-state index contributed by atoms with van der Waals surface area (Å²) >= 11 is 0. The largest absolute Gasteiger partial charge is 0.399 e. The Hall–Kier alpha value is -1.58. The van der Waals surface area contributed by atoms with Gasteiger partial charge in [-0.25, -0.2) is 9.37 Å². The normalized spacial score (nSPS) is 12.6. The summed E-state index contributed by atoms with van der Waals surface area (Å²) in [5, 5.41) is 3.06. The summed E-state index contributed by atoms with van der Waals surface area (Å²) in [5.74, 6) is 0.277. The fourth-order valence-corrected chi connectivity index (χ4v) is 1.39. The smallest absolute Gasteiger partial charge is 0.166 e. The lowest BCUT2D eigenvalue weighted by molar-refractivity contribution is 0.548. The third-order valence-electron chi connectivity index (χ3n) is 2.88. The molecule has 3 nitrogen and oxygen atoms in total. The van der Waals surface area contributed by atoms with Gasteiger partial charge < -0.3 is 11.1 Å². The van der Waals surface area contributed by atoms with Gasteiger partial charge in [0.05, 0.1) is 0 Å². The van der Waals surface area contributed by atoms with Crippen molar-refractivity contribution in [3.8, 4) is 0 Å². The average Bonchev–Trinajstić information content (AvgIpc) is 2.22. The zero-order chi connectivity index (χ0) is 13.2. The average molecular weight is 237 g/mol. The Labute approximate surface area is 102 Å². The van der Waals surface area contributed by atoms with Crippen LogP contribution in [0.2, 0.25) is 0 Å². The number of nitrogens with two attached hydrogens (primary N) is 1. The standard InChI is InChI=1S/C13H20FN3/c1-7(2)9(4)16-13-12(14)6-11(8(3)15)10(5)17-13/h6-7,9H,3,15H2,1-2,4-5H3,(H,16,17). The molecule has 1 unspecified atom stereocenters. The molecule has 1 atom stereocenters. The molecule has 1 heterocycles. The van der Waals surface area contributed by atoms with E-state index in [-0.39, 0.29) is 11.9 Å². The van der Waals surface area contributed by atoms with Crippen LogP contribution in [0.3, 0.4) is 0 Å². The van der Waals surface area contributed by atoms with Crippen LogP contribution >= 0.6 is 0 Å². The van der Waals surface area contributed by atoms with Crippen molar-refractivity contribution in [2.45, 2.75) is 33.7 Å². The summed E-state index contributed by atoms with van der Waals surface area (Å²) < 4.78 is 13.8. The van der Waals surface area contributed by atoms with Crippen LogP contribution in [0, 0.1) is 18.7 Å². The highest BCUT2D eigenvalue weighted by Crippen LogP contribution is 2.20. The Kier molecular flexibility index (Phi) is 4.10. The Balaban J connectivity index is 3.03. The molecule has 0 aliphatic heterocycles. The Bertz CT molecular complexity index is 427. The van der Waals surface area contributed by atoms with Crippen LogP contribution in [-0.4, -0.2) is 11.0 Å². The molecule has 3 N–H and O–H groups in total. The second-order valence-corrected chi connectivity index (χ2v) is 4.65. The molecule has 0 aliphatic rings. The van der Waals surface area contributed by atoms with Crippen LogP contribution in [0.1, 0.15) is 32.0 Å². The van der Waals surface area contributed by atoms with E-state index >= 15 is 0 Å². The van der Waals surface area contributed by atoms with Gasteiger partial charge in [-0.05, 0) is 25.8 Å². The van der Waals surface area contributed by atoms with Crippen LogP contribution in [0.4, 0.5) is 10.2 Å². The van der Waals surface area contributed by atoms with Crippen molar-refractivity contribution in [3.05, 3.63) is 29.7 Å². The molecular weight excluding hydrogens is 217 g/mol. The maximum absolute atomic E-state index is 13.8. The first-order chi connectivity index (χ1) is 7.82. The van der Waals surface area contributed by atoms with Gasteiger partial charge >= 0.3 is 0 Å². The van der Waals surface area contributed by atoms with Crippen molar-refractivity contribution in [2.75, 3.05) is 5.32 Å². The highest BCUT2D eigenvalue weighted by Gasteiger charge is 2.13. The fourth-order valence-electron chi connectivity index (χ4n) is 1.39. The Morgan fingerprint density at radius 2 is 2.06 bits per heavy atom. The van der Waals surface area contributed by atoms with Crippen LogP contribution in [-0.2, 0) is 0 Å². The van der Waals surface area contributed by atoms with Gasteiger partial charge in [-0.15, -0.1) is 0 Å². The third kappa shape index (κ3) is 3.19. The summed E-state index contributed by atoms with van der Waals surface area (Å²) in [6, 6.07) is 1.53. The molecule has 0 aromatic carbocycles. The SMILES string of the molecule is C=C(N)c1cc(F)c(NC(C)C(C)C)nc1C. The quantitative estimate of drug-likeness (QED) is 0.846. The van der Waals surface area contributed by atoms with E-state index in [9.17, 15) is 4.39 Å². The first kappa shape index (κ1) is 13.5. The first-order valence-corrected chi connectivity index (χ1v) is 5.71. The van der Waals surface area contributed by atoms with E-state index in [4.69, 9.17) is 5.73 Å². The van der Waals surface area contributed by atoms with Crippen LogP contribution in [0.25, 0.3) is 5.70 Å². The van der Waals surface area contributed by atoms with Gasteiger partial charge in [0.25, 0.3) is 0 Å². The third-order valence-corrected chi connectivity index (χ3v) is 2.88. The summed E-state index contributed by atoms with van der Waals surface area (Å²) in [6.45, 7) is 11.5. The maximum atomic E-state index is 13.8. The molecule has 94 valence electrons. The number of halogens is 1. The summed E-state index contributed by atoms with van der Waals surface area (Å²) in [6.07, 6.45) is 0. The minimum atomic E-state index is -0.398. The number of hydrogen-bond donors (Lipinski definition) is 2. The molecule has 4 heteroatoms. The number of aryl methyl sites for hydroxylation is 1. The molecule has 0 saturated carbocycles. The van der Waals surface area contributed by atoms with E-state index in [2.05, 4.69) is 30.7 Å². The number of hydrogen-bond acceptors (Lipinski definition) is 3. The Morgan fingerprint density at radius 3 is 2.53 bits per heavy atom. The number of pyridine rings is 1. The molecule has 0 spiro atoms. The topological polar surface area (TPSA) is 50.9 Å². The van der Waals surface area contributed by atoms with Gasteiger partial charge in [-0.1, -0.05) is 20.4 Å². The number of nitrogens with one attached hydrogen (secondary N) is 1. The number of anilines is 1. The molecule has 0 aliphatic carbocycles. The van der Waals surface area contributed by atoms with E-state index in [0.717, 1.165) is 0 Å². The second kappa shape index (κ2) is 5.17. The van der Waals surface area contributed by atoms with Crippen LogP contribution in [0.5, 0.6) is 0 Å². The zero-order valence-corrected chi connectivity index (χ0v) is 10.8. The molecule has 0 fully saturated rings. The zero-order valence-electron chi connectivity index (χ0n) is 10.8. The van der Waals surface area contributed by atoms with Gasteiger partial charge in [0.2, 0.25) is 0 Å². The predicted molar refractivity (Wildman–Crippen MR) is 70.1 cm³/mol. The molecule has 1 aromatic rings. The lowest BCUT2D eigenvalue weighted by atomic mass is 10.1.